The minimum Gasteiger partial charge on any atom is -0.387 e. The average molecular weight is 402 g/mol. The van der Waals surface area contributed by atoms with Crippen LogP contribution in [0.4, 0.5) is 5.82 Å². The lowest BCUT2D eigenvalue weighted by Gasteiger charge is -2.16. The molecular weight excluding hydrogens is 380 g/mol. The van der Waals surface area contributed by atoms with Gasteiger partial charge in [0.15, 0.2) is 35.1 Å². The molecule has 1 saturated heterocycles. The number of nitrogens with one attached hydrogen (secondary N) is 2. The number of amides is 1. The van der Waals surface area contributed by atoms with E-state index in [9.17, 15) is 15.0 Å². The highest BCUT2D eigenvalue weighted by Gasteiger charge is 2.47. The van der Waals surface area contributed by atoms with E-state index in [1.165, 1.54) is 10.9 Å². The van der Waals surface area contributed by atoms with Crippen molar-refractivity contribution in [2.24, 2.45) is 7.05 Å². The SMILES string of the molecule is CCNC(=O)[C@H]1O[C@@H](n2cnc3c(NC)nc(-c4cn(C)cn4)nc32)[C@H](O)[C@@H]1O. The third-order valence-corrected chi connectivity index (χ3v) is 4.71. The maximum Gasteiger partial charge on any atom is 0.252 e. The topological polar surface area (TPSA) is 152 Å². The smallest absolute Gasteiger partial charge is 0.252 e. The van der Waals surface area contributed by atoms with E-state index in [0.29, 0.717) is 35.0 Å². The van der Waals surface area contributed by atoms with Gasteiger partial charge in [-0.05, 0) is 6.92 Å². The molecule has 4 heterocycles. The monoisotopic (exact) mass is 402 g/mol. The Morgan fingerprint density at radius 1 is 1.24 bits per heavy atom. The van der Waals surface area contributed by atoms with Crippen molar-refractivity contribution >= 4 is 22.9 Å². The number of hydrogen-bond acceptors (Lipinski definition) is 9. The van der Waals surface area contributed by atoms with E-state index in [0.717, 1.165) is 0 Å². The summed E-state index contributed by atoms with van der Waals surface area (Å²) in [4.78, 5) is 29.7. The third kappa shape index (κ3) is 3.20. The molecule has 12 heteroatoms. The second-order valence-electron chi connectivity index (χ2n) is 6.72. The largest absolute Gasteiger partial charge is 0.387 e. The second-order valence-corrected chi connectivity index (χ2v) is 6.72. The molecule has 0 saturated carbocycles. The Hall–Kier alpha value is -3.09. The lowest BCUT2D eigenvalue weighted by molar-refractivity contribution is -0.137. The summed E-state index contributed by atoms with van der Waals surface area (Å²) >= 11 is 0. The van der Waals surface area contributed by atoms with E-state index in [4.69, 9.17) is 4.74 Å². The van der Waals surface area contributed by atoms with Crippen LogP contribution in [0.2, 0.25) is 0 Å². The predicted molar refractivity (Wildman–Crippen MR) is 102 cm³/mol. The molecule has 1 aliphatic rings. The number of aromatic nitrogens is 6. The zero-order chi connectivity index (χ0) is 20.7. The zero-order valence-corrected chi connectivity index (χ0v) is 16.1. The van der Waals surface area contributed by atoms with Gasteiger partial charge in [-0.15, -0.1) is 0 Å². The van der Waals surface area contributed by atoms with Crippen molar-refractivity contribution in [3.05, 3.63) is 18.9 Å². The minimum absolute atomic E-state index is 0.359. The summed E-state index contributed by atoms with van der Waals surface area (Å²) in [5.74, 6) is 0.339. The molecule has 0 radical (unpaired) electrons. The Balaban J connectivity index is 1.77. The van der Waals surface area contributed by atoms with Crippen molar-refractivity contribution in [1.29, 1.82) is 0 Å². The number of carbonyl (C=O) groups excluding carboxylic acids is 1. The molecule has 4 atom stereocenters. The van der Waals surface area contributed by atoms with Crippen LogP contribution in [0.25, 0.3) is 22.7 Å². The van der Waals surface area contributed by atoms with Gasteiger partial charge < -0.3 is 30.2 Å². The van der Waals surface area contributed by atoms with Crippen LogP contribution < -0.4 is 10.6 Å². The summed E-state index contributed by atoms with van der Waals surface area (Å²) in [6, 6.07) is 0. The summed E-state index contributed by atoms with van der Waals surface area (Å²) in [5, 5.41) is 26.4. The Morgan fingerprint density at radius 2 is 2.03 bits per heavy atom. The maximum atomic E-state index is 12.1. The summed E-state index contributed by atoms with van der Waals surface area (Å²) in [5.41, 5.74) is 1.39. The number of rotatable bonds is 5. The predicted octanol–water partition coefficient (Wildman–Crippen LogP) is -0.976. The number of aliphatic hydroxyl groups excluding tert-OH is 2. The molecule has 1 fully saturated rings. The van der Waals surface area contributed by atoms with E-state index in [1.54, 1.807) is 31.1 Å². The van der Waals surface area contributed by atoms with Crippen molar-refractivity contribution < 1.29 is 19.7 Å². The standard InChI is InChI=1S/C17H22N8O4/c1-4-19-16(28)12-10(26)11(27)17(29-12)25-7-21-9-14(18-2)22-13(23-15(9)25)8-5-24(3)6-20-8/h5-7,10-12,17,26-27H,4H2,1-3H3,(H,19,28)(H,18,22,23)/t10-,11+,12-,17+/m0/s1. The fraction of sp³-hybridized carbons (Fsp3) is 0.471. The van der Waals surface area contributed by atoms with Crippen molar-refractivity contribution in [3.8, 4) is 11.5 Å². The number of ether oxygens (including phenoxy) is 1. The molecule has 0 unspecified atom stereocenters. The van der Waals surface area contributed by atoms with Gasteiger partial charge in [0, 0.05) is 26.8 Å². The first-order valence-electron chi connectivity index (χ1n) is 9.14. The first-order chi connectivity index (χ1) is 13.9. The number of carbonyl (C=O) groups is 1. The number of anilines is 1. The number of imidazole rings is 2. The van der Waals surface area contributed by atoms with Crippen LogP contribution in [0.3, 0.4) is 0 Å². The van der Waals surface area contributed by atoms with E-state index < -0.39 is 30.4 Å². The molecule has 29 heavy (non-hydrogen) atoms. The second kappa shape index (κ2) is 7.39. The van der Waals surface area contributed by atoms with Crippen molar-refractivity contribution in [3.63, 3.8) is 0 Å². The van der Waals surface area contributed by atoms with Gasteiger partial charge in [0.1, 0.15) is 17.9 Å². The minimum atomic E-state index is -1.38. The molecule has 4 rings (SSSR count). The van der Waals surface area contributed by atoms with Crippen LogP contribution >= 0.6 is 0 Å². The molecule has 3 aromatic heterocycles. The maximum absolute atomic E-state index is 12.1. The highest BCUT2D eigenvalue weighted by molar-refractivity contribution is 5.85. The molecule has 1 aliphatic heterocycles. The number of likely N-dealkylation sites (N-methyl/N-ethyl adjacent to an activating group) is 1. The highest BCUT2D eigenvalue weighted by atomic mass is 16.6. The number of hydrogen-bond donors (Lipinski definition) is 4. The molecule has 12 nitrogen and oxygen atoms in total. The quantitative estimate of drug-likeness (QED) is 0.422. The normalized spacial score (nSPS) is 24.2. The number of nitrogens with zero attached hydrogens (tertiary/aromatic N) is 6. The van der Waals surface area contributed by atoms with Crippen molar-refractivity contribution in [2.75, 3.05) is 18.9 Å². The Bertz CT molecular complexity index is 1050. The number of fused-ring (bicyclic) bond motifs is 1. The summed E-state index contributed by atoms with van der Waals surface area (Å²) < 4.78 is 8.94. The zero-order valence-electron chi connectivity index (χ0n) is 16.1. The van der Waals surface area contributed by atoms with Crippen LogP contribution in [0, 0.1) is 0 Å². The number of aryl methyl sites for hydroxylation is 1. The van der Waals surface area contributed by atoms with E-state index >= 15 is 0 Å². The first kappa shape index (κ1) is 19.2. The van der Waals surface area contributed by atoms with Crippen molar-refractivity contribution in [2.45, 2.75) is 31.5 Å². The third-order valence-electron chi connectivity index (χ3n) is 4.71. The van der Waals surface area contributed by atoms with Gasteiger partial charge >= 0.3 is 0 Å². The Labute approximate surface area is 165 Å². The molecular formula is C17H22N8O4. The molecule has 3 aromatic rings. The van der Waals surface area contributed by atoms with Crippen LogP contribution in [-0.2, 0) is 16.6 Å². The van der Waals surface area contributed by atoms with Gasteiger partial charge in [-0.2, -0.15) is 0 Å². The van der Waals surface area contributed by atoms with Crippen LogP contribution in [0.5, 0.6) is 0 Å². The molecule has 154 valence electrons. The number of aliphatic hydroxyl groups is 2. The van der Waals surface area contributed by atoms with Gasteiger partial charge in [0.2, 0.25) is 0 Å². The van der Waals surface area contributed by atoms with Gasteiger partial charge in [0.05, 0.1) is 12.7 Å². The molecule has 1 amide bonds. The Morgan fingerprint density at radius 3 is 2.69 bits per heavy atom. The van der Waals surface area contributed by atoms with Crippen LogP contribution in [0.1, 0.15) is 13.2 Å². The van der Waals surface area contributed by atoms with E-state index in [1.807, 2.05) is 7.05 Å². The fourth-order valence-corrected chi connectivity index (χ4v) is 3.30. The lowest BCUT2D eigenvalue weighted by Crippen LogP contribution is -2.42. The lowest BCUT2D eigenvalue weighted by atomic mass is 10.1. The van der Waals surface area contributed by atoms with Crippen LogP contribution in [0.15, 0.2) is 18.9 Å². The molecule has 0 spiro atoms. The van der Waals surface area contributed by atoms with Gasteiger partial charge in [-0.25, -0.2) is 19.9 Å². The van der Waals surface area contributed by atoms with Gasteiger partial charge in [0.25, 0.3) is 5.91 Å². The fourth-order valence-electron chi connectivity index (χ4n) is 3.30. The summed E-state index contributed by atoms with van der Waals surface area (Å²) in [7, 11) is 3.54. The van der Waals surface area contributed by atoms with E-state index in [2.05, 4.69) is 30.6 Å². The average Bonchev–Trinajstić information content (AvgIpc) is 3.40. The molecule has 0 aromatic carbocycles. The highest BCUT2D eigenvalue weighted by Crippen LogP contribution is 2.33. The molecule has 0 aliphatic carbocycles. The van der Waals surface area contributed by atoms with Crippen molar-refractivity contribution in [1.82, 2.24) is 34.4 Å². The summed E-state index contributed by atoms with van der Waals surface area (Å²) in [6.07, 6.45) is -0.125. The van der Waals surface area contributed by atoms with E-state index in [-0.39, 0.29) is 0 Å². The molecule has 4 N–H and O–H groups in total. The van der Waals surface area contributed by atoms with Gasteiger partial charge in [-0.3, -0.25) is 9.36 Å². The first-order valence-corrected chi connectivity index (χ1v) is 9.14. The molecule has 0 bridgehead atoms. The Kier molecular flexibility index (Phi) is 4.90. The summed E-state index contributed by atoms with van der Waals surface area (Å²) in [6.45, 7) is 2.14. The van der Waals surface area contributed by atoms with Crippen LogP contribution in [-0.4, -0.2) is 77.1 Å². The van der Waals surface area contributed by atoms with Gasteiger partial charge in [-0.1, -0.05) is 0 Å².